The van der Waals surface area contributed by atoms with Gasteiger partial charge in [-0.25, -0.2) is 8.42 Å². The van der Waals surface area contributed by atoms with E-state index in [0.717, 1.165) is 12.8 Å². The summed E-state index contributed by atoms with van der Waals surface area (Å²) in [7, 11) is -3.54. The Labute approximate surface area is 108 Å². The molecule has 0 unspecified atom stereocenters. The van der Waals surface area contributed by atoms with E-state index in [2.05, 4.69) is 0 Å². The van der Waals surface area contributed by atoms with Gasteiger partial charge in [0, 0.05) is 13.1 Å². The monoisotopic (exact) mass is 264 g/mol. The van der Waals surface area contributed by atoms with E-state index in [1.165, 1.54) is 16.4 Å². The zero-order valence-corrected chi connectivity index (χ0v) is 11.2. The van der Waals surface area contributed by atoms with Crippen LogP contribution in [0.5, 0.6) is 0 Å². The fourth-order valence-corrected chi connectivity index (χ4v) is 3.58. The molecular formula is C13H16N2O2S. The molecule has 18 heavy (non-hydrogen) atoms. The molecule has 0 aliphatic heterocycles. The zero-order valence-electron chi connectivity index (χ0n) is 10.3. The summed E-state index contributed by atoms with van der Waals surface area (Å²) in [6.07, 6.45) is 2.21. The Balaban J connectivity index is 2.36. The molecular weight excluding hydrogens is 248 g/mol. The normalized spacial score (nSPS) is 15.6. The first-order valence-corrected chi connectivity index (χ1v) is 7.53. The predicted octanol–water partition coefficient (Wildman–Crippen LogP) is 1.98. The quantitative estimate of drug-likeness (QED) is 0.817. The summed E-state index contributed by atoms with van der Waals surface area (Å²) in [4.78, 5) is 0.120. The summed E-state index contributed by atoms with van der Waals surface area (Å²) in [5.74, 6) is 0.494. The van der Waals surface area contributed by atoms with Gasteiger partial charge in [0.1, 0.15) is 6.07 Å². The van der Waals surface area contributed by atoms with E-state index in [-0.39, 0.29) is 10.5 Å². The van der Waals surface area contributed by atoms with Crippen molar-refractivity contribution in [2.75, 3.05) is 13.1 Å². The maximum atomic E-state index is 12.5. The minimum absolute atomic E-state index is 0.120. The fourth-order valence-electron chi connectivity index (χ4n) is 1.91. The van der Waals surface area contributed by atoms with Crippen LogP contribution in [0, 0.1) is 17.2 Å². The predicted molar refractivity (Wildman–Crippen MR) is 68.3 cm³/mol. The number of rotatable bonds is 5. The van der Waals surface area contributed by atoms with Crippen LogP contribution in [0.1, 0.15) is 25.3 Å². The fraction of sp³-hybridized carbons (Fsp3) is 0.462. The smallest absolute Gasteiger partial charge is 0.207 e. The minimum atomic E-state index is -3.54. The molecule has 0 atom stereocenters. The second-order valence-corrected chi connectivity index (χ2v) is 6.41. The largest absolute Gasteiger partial charge is 0.244 e. The van der Waals surface area contributed by atoms with Crippen molar-refractivity contribution < 1.29 is 8.42 Å². The summed E-state index contributed by atoms with van der Waals surface area (Å²) in [6.45, 7) is 2.84. The average molecular weight is 264 g/mol. The van der Waals surface area contributed by atoms with E-state index >= 15 is 0 Å². The molecule has 0 saturated heterocycles. The third-order valence-corrected chi connectivity index (χ3v) is 5.14. The Kier molecular flexibility index (Phi) is 3.69. The highest BCUT2D eigenvalue weighted by molar-refractivity contribution is 7.89. The Morgan fingerprint density at radius 3 is 2.61 bits per heavy atom. The zero-order chi connectivity index (χ0) is 13.2. The average Bonchev–Trinajstić information content (AvgIpc) is 3.19. The number of nitriles is 1. The summed E-state index contributed by atoms with van der Waals surface area (Å²) in [5, 5.41) is 9.00. The lowest BCUT2D eigenvalue weighted by atomic mass is 10.2. The molecule has 0 radical (unpaired) electrons. The van der Waals surface area contributed by atoms with Gasteiger partial charge in [-0.15, -0.1) is 0 Å². The number of sulfonamides is 1. The molecule has 1 fully saturated rings. The standard InChI is InChI=1S/C13H16N2O2S/c1-2-15(10-11-7-8-11)18(16,17)13-6-4-3-5-12(13)9-14/h3-6,11H,2,7-8,10H2,1H3. The van der Waals surface area contributed by atoms with E-state index in [1.54, 1.807) is 12.1 Å². The molecule has 1 saturated carbocycles. The Hall–Kier alpha value is -1.38. The third kappa shape index (κ3) is 2.55. The Morgan fingerprint density at radius 2 is 2.06 bits per heavy atom. The van der Waals surface area contributed by atoms with Crippen molar-refractivity contribution in [2.45, 2.75) is 24.7 Å². The van der Waals surface area contributed by atoms with Gasteiger partial charge in [-0.2, -0.15) is 9.57 Å². The van der Waals surface area contributed by atoms with E-state index in [0.29, 0.717) is 19.0 Å². The van der Waals surface area contributed by atoms with E-state index in [1.807, 2.05) is 13.0 Å². The van der Waals surface area contributed by atoms with Gasteiger partial charge in [0.05, 0.1) is 10.5 Å². The van der Waals surface area contributed by atoms with E-state index < -0.39 is 10.0 Å². The summed E-state index contributed by atoms with van der Waals surface area (Å²) >= 11 is 0. The molecule has 0 N–H and O–H groups in total. The second kappa shape index (κ2) is 5.09. The summed E-state index contributed by atoms with van der Waals surface area (Å²) in [6, 6.07) is 8.31. The van der Waals surface area contributed by atoms with Crippen molar-refractivity contribution in [3.63, 3.8) is 0 Å². The van der Waals surface area contributed by atoms with E-state index in [4.69, 9.17) is 5.26 Å². The van der Waals surface area contributed by atoms with Crippen molar-refractivity contribution in [1.82, 2.24) is 4.31 Å². The van der Waals surface area contributed by atoms with Gasteiger partial charge >= 0.3 is 0 Å². The molecule has 1 aliphatic carbocycles. The van der Waals surface area contributed by atoms with Gasteiger partial charge in [0.2, 0.25) is 10.0 Å². The van der Waals surface area contributed by atoms with Crippen LogP contribution >= 0.6 is 0 Å². The topological polar surface area (TPSA) is 61.2 Å². The summed E-state index contributed by atoms with van der Waals surface area (Å²) < 4.78 is 26.4. The lowest BCUT2D eigenvalue weighted by molar-refractivity contribution is 0.412. The van der Waals surface area contributed by atoms with Crippen LogP contribution in [0.2, 0.25) is 0 Å². The van der Waals surface area contributed by atoms with Crippen LogP contribution < -0.4 is 0 Å². The number of hydrogen-bond donors (Lipinski definition) is 0. The molecule has 96 valence electrons. The first-order chi connectivity index (χ1) is 8.59. The first kappa shape index (κ1) is 13.1. The molecule has 0 heterocycles. The van der Waals surface area contributed by atoms with Crippen molar-refractivity contribution in [3.8, 4) is 6.07 Å². The van der Waals surface area contributed by atoms with E-state index in [9.17, 15) is 8.42 Å². The molecule has 0 bridgehead atoms. The number of nitrogens with zero attached hydrogens (tertiary/aromatic N) is 2. The van der Waals surface area contributed by atoms with Gasteiger partial charge in [-0.3, -0.25) is 0 Å². The highest BCUT2D eigenvalue weighted by Crippen LogP contribution is 2.31. The van der Waals surface area contributed by atoms with Crippen molar-refractivity contribution in [1.29, 1.82) is 5.26 Å². The summed E-state index contributed by atoms with van der Waals surface area (Å²) in [5.41, 5.74) is 0.215. The number of hydrogen-bond acceptors (Lipinski definition) is 3. The van der Waals surface area contributed by atoms with Crippen LogP contribution in [0.15, 0.2) is 29.2 Å². The molecule has 1 aliphatic rings. The number of benzene rings is 1. The van der Waals surface area contributed by atoms with Gasteiger partial charge < -0.3 is 0 Å². The first-order valence-electron chi connectivity index (χ1n) is 6.09. The Bertz CT molecular complexity index is 571. The molecule has 0 spiro atoms. The molecule has 2 rings (SSSR count). The molecule has 5 heteroatoms. The second-order valence-electron chi connectivity index (χ2n) is 4.51. The van der Waals surface area contributed by atoms with Crippen LogP contribution in [-0.2, 0) is 10.0 Å². The lowest BCUT2D eigenvalue weighted by Gasteiger charge is -2.20. The third-order valence-electron chi connectivity index (χ3n) is 3.14. The molecule has 1 aromatic rings. The maximum Gasteiger partial charge on any atom is 0.244 e. The molecule has 1 aromatic carbocycles. The lowest BCUT2D eigenvalue weighted by Crippen LogP contribution is -2.33. The van der Waals surface area contributed by atoms with Gasteiger partial charge in [0.15, 0.2) is 0 Å². The molecule has 0 amide bonds. The van der Waals surface area contributed by atoms with Crippen LogP contribution in [-0.4, -0.2) is 25.8 Å². The minimum Gasteiger partial charge on any atom is -0.207 e. The highest BCUT2D eigenvalue weighted by Gasteiger charge is 2.31. The van der Waals surface area contributed by atoms with Crippen LogP contribution in [0.3, 0.4) is 0 Å². The van der Waals surface area contributed by atoms with Crippen molar-refractivity contribution in [2.24, 2.45) is 5.92 Å². The molecule has 0 aromatic heterocycles. The maximum absolute atomic E-state index is 12.5. The van der Waals surface area contributed by atoms with Crippen LogP contribution in [0.4, 0.5) is 0 Å². The van der Waals surface area contributed by atoms with Gasteiger partial charge in [-0.05, 0) is 30.9 Å². The Morgan fingerprint density at radius 1 is 1.39 bits per heavy atom. The highest BCUT2D eigenvalue weighted by atomic mass is 32.2. The van der Waals surface area contributed by atoms with Crippen molar-refractivity contribution >= 4 is 10.0 Å². The van der Waals surface area contributed by atoms with Gasteiger partial charge in [0.25, 0.3) is 0 Å². The molecule has 4 nitrogen and oxygen atoms in total. The SMILES string of the molecule is CCN(CC1CC1)S(=O)(=O)c1ccccc1C#N. The van der Waals surface area contributed by atoms with Crippen LogP contribution in [0.25, 0.3) is 0 Å². The van der Waals surface area contributed by atoms with Gasteiger partial charge in [-0.1, -0.05) is 19.1 Å². The van der Waals surface area contributed by atoms with Crippen molar-refractivity contribution in [3.05, 3.63) is 29.8 Å².